The van der Waals surface area contributed by atoms with Gasteiger partial charge in [0.1, 0.15) is 5.82 Å². The van der Waals surface area contributed by atoms with Crippen molar-refractivity contribution in [3.63, 3.8) is 0 Å². The zero-order valence-electron chi connectivity index (χ0n) is 9.73. The summed E-state index contributed by atoms with van der Waals surface area (Å²) in [6.07, 6.45) is 0.946. The average molecular weight is 321 g/mol. The molecule has 0 saturated heterocycles. The molecule has 0 radical (unpaired) electrons. The Morgan fingerprint density at radius 2 is 1.75 bits per heavy atom. The summed E-state index contributed by atoms with van der Waals surface area (Å²) in [6, 6.07) is 2.08. The number of hydrogen-bond donors (Lipinski definition) is 1. The second-order valence-corrected chi connectivity index (χ2v) is 4.29. The van der Waals surface area contributed by atoms with Gasteiger partial charge in [-0.05, 0) is 12.1 Å². The van der Waals surface area contributed by atoms with Gasteiger partial charge in [0.05, 0.1) is 5.02 Å². The number of anilines is 1. The molecule has 10 heteroatoms. The van der Waals surface area contributed by atoms with E-state index < -0.39 is 36.4 Å². The highest BCUT2D eigenvalue weighted by molar-refractivity contribution is 6.30. The number of nitrogens with one attached hydrogen (secondary N) is 1. The van der Waals surface area contributed by atoms with Crippen molar-refractivity contribution in [1.29, 1.82) is 0 Å². The van der Waals surface area contributed by atoms with Crippen molar-refractivity contribution in [2.45, 2.75) is 24.7 Å². The Hall–Kier alpha value is -1.51. The van der Waals surface area contributed by atoms with Crippen molar-refractivity contribution in [2.24, 2.45) is 0 Å². The molecule has 0 unspecified atom stereocenters. The average Bonchev–Trinajstić information content (AvgIpc) is 2.30. The summed E-state index contributed by atoms with van der Waals surface area (Å²) >= 11 is 5.43. The molecule has 0 aliphatic heterocycles. The smallest absolute Gasteiger partial charge is 0.305 e. The third kappa shape index (κ3) is 2.97. The van der Waals surface area contributed by atoms with Crippen LogP contribution in [0.5, 0.6) is 0 Å². The van der Waals surface area contributed by atoms with Gasteiger partial charge in [0, 0.05) is 13.1 Å². The molecular weight excluding hydrogens is 314 g/mol. The van der Waals surface area contributed by atoms with E-state index in [1.54, 1.807) is 0 Å². The molecule has 20 heavy (non-hydrogen) atoms. The van der Waals surface area contributed by atoms with Crippen LogP contribution in [0.2, 0.25) is 5.02 Å². The van der Waals surface area contributed by atoms with Crippen LogP contribution in [0.15, 0.2) is 18.3 Å². The molecule has 0 bridgehead atoms. The number of rotatable bonds is 4. The number of nitrogens with zero attached hydrogens (tertiary/aromatic N) is 1. The summed E-state index contributed by atoms with van der Waals surface area (Å²) < 4.78 is 77.2. The zero-order valence-corrected chi connectivity index (χ0v) is 10.5. The highest BCUT2D eigenvalue weighted by atomic mass is 35.5. The molecule has 0 aromatic carbocycles. The van der Waals surface area contributed by atoms with E-state index in [0.29, 0.717) is 0 Å². The maximum Gasteiger partial charge on any atom is 0.392 e. The van der Waals surface area contributed by atoms with Crippen LogP contribution in [0.1, 0.15) is 6.92 Å². The van der Waals surface area contributed by atoms with E-state index in [9.17, 15) is 31.1 Å². The summed E-state index contributed by atoms with van der Waals surface area (Å²) in [4.78, 5) is 14.4. The van der Waals surface area contributed by atoms with Crippen LogP contribution in [0.3, 0.4) is 0 Å². The van der Waals surface area contributed by atoms with Gasteiger partial charge in [-0.1, -0.05) is 11.6 Å². The van der Waals surface area contributed by atoms with Gasteiger partial charge in [-0.3, -0.25) is 4.79 Å². The van der Waals surface area contributed by atoms with Crippen LogP contribution in [-0.4, -0.2) is 28.7 Å². The van der Waals surface area contributed by atoms with Crippen molar-refractivity contribution in [3.05, 3.63) is 23.4 Å². The van der Waals surface area contributed by atoms with Crippen LogP contribution < -0.4 is 5.32 Å². The lowest BCUT2D eigenvalue weighted by atomic mass is 10.1. The molecule has 112 valence electrons. The Morgan fingerprint density at radius 1 is 1.20 bits per heavy atom. The number of pyridine rings is 1. The van der Waals surface area contributed by atoms with Crippen molar-refractivity contribution < 1.29 is 31.1 Å². The quantitative estimate of drug-likeness (QED) is 0.861. The summed E-state index contributed by atoms with van der Waals surface area (Å²) in [5, 5.41) is 1.41. The number of hydrogen-bond acceptors (Lipinski definition) is 2. The Bertz CT molecular complexity index is 499. The molecule has 1 rings (SSSR count). The Labute approximate surface area is 113 Å². The van der Waals surface area contributed by atoms with Gasteiger partial charge in [-0.25, -0.2) is 4.98 Å². The first-order valence-electron chi connectivity index (χ1n) is 4.96. The minimum absolute atomic E-state index is 0.0974. The van der Waals surface area contributed by atoms with Crippen molar-refractivity contribution in [3.8, 4) is 0 Å². The molecular formula is C10H7ClF6N2O. The van der Waals surface area contributed by atoms with E-state index in [0.717, 1.165) is 18.3 Å². The van der Waals surface area contributed by atoms with E-state index in [1.165, 1.54) is 5.32 Å². The monoisotopic (exact) mass is 320 g/mol. The van der Waals surface area contributed by atoms with Gasteiger partial charge < -0.3 is 5.32 Å². The summed E-state index contributed by atoms with van der Waals surface area (Å²) in [5.74, 6) is -19.7. The molecule has 0 aliphatic carbocycles. The standard InChI is InChI=1S/C10H7ClF6N2O/c1-8(12,13)10(16,17)9(14,15)7(20)19-6-3-2-5(11)4-18-6/h2-4H,1H3,(H,18,19,20). The SMILES string of the molecule is CC(F)(F)C(F)(F)C(F)(F)C(=O)Nc1ccc(Cl)cn1. The van der Waals surface area contributed by atoms with Crippen LogP contribution >= 0.6 is 11.6 Å². The zero-order chi connectivity index (χ0) is 15.8. The number of carbonyl (C=O) groups is 1. The highest BCUT2D eigenvalue weighted by Crippen LogP contribution is 2.45. The summed E-state index contributed by atoms with van der Waals surface area (Å²) in [7, 11) is 0. The third-order valence-electron chi connectivity index (χ3n) is 2.20. The van der Waals surface area contributed by atoms with Gasteiger partial charge in [0.2, 0.25) is 0 Å². The minimum Gasteiger partial charge on any atom is -0.305 e. The van der Waals surface area contributed by atoms with E-state index in [-0.39, 0.29) is 5.02 Å². The number of alkyl halides is 6. The third-order valence-corrected chi connectivity index (χ3v) is 2.42. The fourth-order valence-corrected chi connectivity index (χ4v) is 1.17. The Kier molecular flexibility index (Phi) is 4.23. The van der Waals surface area contributed by atoms with Crippen molar-refractivity contribution in [2.75, 3.05) is 5.32 Å². The topological polar surface area (TPSA) is 42.0 Å². The van der Waals surface area contributed by atoms with Crippen LogP contribution in [0.4, 0.5) is 32.2 Å². The molecule has 0 aliphatic rings. The first-order valence-corrected chi connectivity index (χ1v) is 5.34. The van der Waals surface area contributed by atoms with E-state index in [1.807, 2.05) is 0 Å². The Morgan fingerprint density at radius 3 is 2.15 bits per heavy atom. The van der Waals surface area contributed by atoms with E-state index in [4.69, 9.17) is 11.6 Å². The van der Waals surface area contributed by atoms with Gasteiger partial charge in [0.25, 0.3) is 0 Å². The molecule has 1 aromatic rings. The predicted molar refractivity (Wildman–Crippen MR) is 58.4 cm³/mol. The molecule has 1 N–H and O–H groups in total. The fourth-order valence-electron chi connectivity index (χ4n) is 1.06. The molecule has 0 atom stereocenters. The highest BCUT2D eigenvalue weighted by Gasteiger charge is 2.72. The largest absolute Gasteiger partial charge is 0.392 e. The Balaban J connectivity index is 2.98. The second-order valence-electron chi connectivity index (χ2n) is 3.85. The van der Waals surface area contributed by atoms with Crippen LogP contribution in [0.25, 0.3) is 0 Å². The summed E-state index contributed by atoms with van der Waals surface area (Å²) in [6.45, 7) is -0.408. The van der Waals surface area contributed by atoms with Crippen molar-refractivity contribution >= 4 is 23.3 Å². The maximum atomic E-state index is 13.2. The lowest BCUT2D eigenvalue weighted by molar-refractivity contribution is -0.289. The first-order chi connectivity index (χ1) is 8.89. The van der Waals surface area contributed by atoms with Gasteiger partial charge in [-0.2, -0.15) is 26.3 Å². The normalized spacial score (nSPS) is 13.2. The molecule has 0 spiro atoms. The van der Waals surface area contributed by atoms with Crippen LogP contribution in [-0.2, 0) is 4.79 Å². The van der Waals surface area contributed by atoms with Gasteiger partial charge in [-0.15, -0.1) is 0 Å². The second kappa shape index (κ2) is 5.12. The summed E-state index contributed by atoms with van der Waals surface area (Å²) in [5.41, 5.74) is 0. The minimum atomic E-state index is -5.85. The number of carbonyl (C=O) groups excluding carboxylic acids is 1. The molecule has 0 fully saturated rings. The van der Waals surface area contributed by atoms with Crippen molar-refractivity contribution in [1.82, 2.24) is 4.98 Å². The van der Waals surface area contributed by atoms with Gasteiger partial charge >= 0.3 is 23.7 Å². The lowest BCUT2D eigenvalue weighted by Gasteiger charge is -2.29. The van der Waals surface area contributed by atoms with E-state index in [2.05, 4.69) is 4.98 Å². The lowest BCUT2D eigenvalue weighted by Crippen LogP contribution is -2.58. The van der Waals surface area contributed by atoms with Gasteiger partial charge in [0.15, 0.2) is 0 Å². The first kappa shape index (κ1) is 16.5. The number of aromatic nitrogens is 1. The molecule has 1 heterocycles. The van der Waals surface area contributed by atoms with Crippen LogP contribution in [0, 0.1) is 0 Å². The fraction of sp³-hybridized carbons (Fsp3) is 0.400. The molecule has 0 saturated carbocycles. The number of halogens is 7. The molecule has 1 amide bonds. The molecule has 3 nitrogen and oxygen atoms in total. The predicted octanol–water partition coefficient (Wildman–Crippen LogP) is 3.60. The molecule has 1 aromatic heterocycles. The van der Waals surface area contributed by atoms with E-state index >= 15 is 0 Å². The maximum absolute atomic E-state index is 13.2. The number of amides is 1.